The van der Waals surface area contributed by atoms with Gasteiger partial charge in [-0.25, -0.2) is 12.7 Å². The molecule has 1 aliphatic heterocycles. The summed E-state index contributed by atoms with van der Waals surface area (Å²) < 4.78 is 31.7. The zero-order chi connectivity index (χ0) is 20.0. The summed E-state index contributed by atoms with van der Waals surface area (Å²) in [6.07, 6.45) is 1.91. The van der Waals surface area contributed by atoms with Crippen molar-refractivity contribution in [2.24, 2.45) is 0 Å². The third kappa shape index (κ3) is 5.00. The van der Waals surface area contributed by atoms with Gasteiger partial charge in [0.25, 0.3) is 5.91 Å². The molecule has 1 aromatic carbocycles. The lowest BCUT2D eigenvalue weighted by Crippen LogP contribution is -2.39. The number of anilines is 1. The number of carbonyl (C=O) groups excluding carboxylic acids is 1. The number of carbonyl (C=O) groups is 1. The second-order valence-corrected chi connectivity index (χ2v) is 8.96. The number of morpholine rings is 1. The number of nitrogens with zero attached hydrogens (tertiary/aromatic N) is 3. The molecule has 27 heavy (non-hydrogen) atoms. The molecule has 1 heterocycles. The van der Waals surface area contributed by atoms with Gasteiger partial charge < -0.3 is 14.5 Å². The van der Waals surface area contributed by atoms with Crippen molar-refractivity contribution in [1.29, 1.82) is 0 Å². The van der Waals surface area contributed by atoms with E-state index >= 15 is 0 Å². The lowest BCUT2D eigenvalue weighted by Gasteiger charge is -2.32. The minimum absolute atomic E-state index is 0.122. The van der Waals surface area contributed by atoms with Crippen molar-refractivity contribution < 1.29 is 17.9 Å². The maximum absolute atomic E-state index is 13.3. The van der Waals surface area contributed by atoms with Crippen molar-refractivity contribution in [3.63, 3.8) is 0 Å². The summed E-state index contributed by atoms with van der Waals surface area (Å²) in [5.74, 6) is -0.122. The molecule has 0 unspecified atom stereocenters. The van der Waals surface area contributed by atoms with Crippen LogP contribution < -0.4 is 4.90 Å². The average Bonchev–Trinajstić information content (AvgIpc) is 2.68. The fourth-order valence-electron chi connectivity index (χ4n) is 3.06. The van der Waals surface area contributed by atoms with Crippen LogP contribution in [0.25, 0.3) is 0 Å². The quantitative estimate of drug-likeness (QED) is 0.671. The van der Waals surface area contributed by atoms with E-state index in [4.69, 9.17) is 4.74 Å². The number of hydrogen-bond donors (Lipinski definition) is 0. The molecule has 1 saturated heterocycles. The number of amides is 1. The normalized spacial score (nSPS) is 15.2. The number of hydrogen-bond acceptors (Lipinski definition) is 5. The van der Waals surface area contributed by atoms with Crippen LogP contribution >= 0.6 is 0 Å². The Kier molecular flexibility index (Phi) is 7.64. The van der Waals surface area contributed by atoms with Crippen molar-refractivity contribution >= 4 is 21.6 Å². The standard InChI is InChI=1S/C19H31N3O4S/c1-5-7-10-21(6-2)19(23)17-15-16(27(24,25)20(3)4)8-9-18(17)22-11-13-26-14-12-22/h8-9,15H,5-7,10-14H2,1-4H3. The molecule has 0 bridgehead atoms. The maximum Gasteiger partial charge on any atom is 0.255 e. The van der Waals surface area contributed by atoms with Gasteiger partial charge in [-0.3, -0.25) is 4.79 Å². The predicted octanol–water partition coefficient (Wildman–Crippen LogP) is 2.04. The highest BCUT2D eigenvalue weighted by Gasteiger charge is 2.26. The van der Waals surface area contributed by atoms with Gasteiger partial charge in [0, 0.05) is 46.0 Å². The van der Waals surface area contributed by atoms with Crippen molar-refractivity contribution in [2.75, 3.05) is 58.4 Å². The van der Waals surface area contributed by atoms with E-state index in [0.29, 0.717) is 45.0 Å². The maximum atomic E-state index is 13.3. The number of sulfonamides is 1. The van der Waals surface area contributed by atoms with E-state index in [9.17, 15) is 13.2 Å². The molecule has 0 aromatic heterocycles. The van der Waals surface area contributed by atoms with Crippen LogP contribution in [-0.4, -0.2) is 77.0 Å². The van der Waals surface area contributed by atoms with Crippen LogP contribution in [0.3, 0.4) is 0 Å². The van der Waals surface area contributed by atoms with Crippen molar-refractivity contribution in [1.82, 2.24) is 9.21 Å². The van der Waals surface area contributed by atoms with E-state index in [2.05, 4.69) is 11.8 Å². The lowest BCUT2D eigenvalue weighted by atomic mass is 10.1. The van der Waals surface area contributed by atoms with Gasteiger partial charge in [-0.2, -0.15) is 0 Å². The number of benzene rings is 1. The second-order valence-electron chi connectivity index (χ2n) is 6.80. The Morgan fingerprint density at radius 3 is 2.41 bits per heavy atom. The molecule has 0 spiro atoms. The smallest absolute Gasteiger partial charge is 0.255 e. The first-order valence-electron chi connectivity index (χ1n) is 9.51. The average molecular weight is 398 g/mol. The van der Waals surface area contributed by atoms with Gasteiger partial charge in [0.2, 0.25) is 10.0 Å². The summed E-state index contributed by atoms with van der Waals surface area (Å²) in [6.45, 7) is 7.84. The predicted molar refractivity (Wildman–Crippen MR) is 107 cm³/mol. The zero-order valence-corrected chi connectivity index (χ0v) is 17.6. The highest BCUT2D eigenvalue weighted by atomic mass is 32.2. The van der Waals surface area contributed by atoms with Gasteiger partial charge in [0.1, 0.15) is 0 Å². The molecular weight excluding hydrogens is 366 g/mol. The first kappa shape index (κ1) is 21.7. The number of ether oxygens (including phenoxy) is 1. The van der Waals surface area contributed by atoms with Crippen LogP contribution in [-0.2, 0) is 14.8 Å². The molecule has 0 aliphatic carbocycles. The van der Waals surface area contributed by atoms with Crippen molar-refractivity contribution in [2.45, 2.75) is 31.6 Å². The van der Waals surface area contributed by atoms with Crippen LogP contribution in [0.15, 0.2) is 23.1 Å². The highest BCUT2D eigenvalue weighted by molar-refractivity contribution is 7.89. The SMILES string of the molecule is CCCCN(CC)C(=O)c1cc(S(=O)(=O)N(C)C)ccc1N1CCOCC1. The molecule has 1 aliphatic rings. The van der Waals surface area contributed by atoms with Gasteiger partial charge in [0.15, 0.2) is 0 Å². The molecule has 2 rings (SSSR count). The Morgan fingerprint density at radius 1 is 1.19 bits per heavy atom. The summed E-state index contributed by atoms with van der Waals surface area (Å²) in [5, 5.41) is 0. The molecule has 0 N–H and O–H groups in total. The molecule has 152 valence electrons. The minimum Gasteiger partial charge on any atom is -0.378 e. The summed E-state index contributed by atoms with van der Waals surface area (Å²) >= 11 is 0. The summed E-state index contributed by atoms with van der Waals surface area (Å²) in [5.41, 5.74) is 1.22. The Labute approximate surface area is 162 Å². The Morgan fingerprint density at radius 2 is 1.85 bits per heavy atom. The zero-order valence-electron chi connectivity index (χ0n) is 16.8. The minimum atomic E-state index is -3.61. The third-order valence-electron chi connectivity index (χ3n) is 4.78. The van der Waals surface area contributed by atoms with Crippen LogP contribution in [0.2, 0.25) is 0 Å². The van der Waals surface area contributed by atoms with Gasteiger partial charge >= 0.3 is 0 Å². The molecular formula is C19H31N3O4S. The van der Waals surface area contributed by atoms with Crippen LogP contribution in [0.5, 0.6) is 0 Å². The van der Waals surface area contributed by atoms with Gasteiger partial charge in [-0.1, -0.05) is 13.3 Å². The van der Waals surface area contributed by atoms with E-state index in [0.717, 1.165) is 18.5 Å². The van der Waals surface area contributed by atoms with E-state index in [1.54, 1.807) is 17.0 Å². The van der Waals surface area contributed by atoms with Gasteiger partial charge in [0.05, 0.1) is 23.7 Å². The van der Waals surface area contributed by atoms with Crippen LogP contribution in [0.1, 0.15) is 37.0 Å². The first-order valence-corrected chi connectivity index (χ1v) is 11.0. The molecule has 7 nitrogen and oxygen atoms in total. The molecule has 0 saturated carbocycles. The van der Waals surface area contributed by atoms with Gasteiger partial charge in [-0.05, 0) is 31.5 Å². The van der Waals surface area contributed by atoms with E-state index in [1.165, 1.54) is 24.5 Å². The first-order chi connectivity index (χ1) is 12.8. The summed E-state index contributed by atoms with van der Waals surface area (Å²) in [6, 6.07) is 4.86. The summed E-state index contributed by atoms with van der Waals surface area (Å²) in [4.78, 5) is 17.3. The third-order valence-corrected chi connectivity index (χ3v) is 6.59. The fourth-order valence-corrected chi connectivity index (χ4v) is 3.99. The Bertz CT molecular complexity index is 743. The number of rotatable bonds is 8. The molecule has 8 heteroatoms. The topological polar surface area (TPSA) is 70.2 Å². The van der Waals surface area contributed by atoms with Crippen molar-refractivity contribution in [3.8, 4) is 0 Å². The Balaban J connectivity index is 2.49. The number of unbranched alkanes of at least 4 members (excludes halogenated alkanes) is 1. The van der Waals surface area contributed by atoms with E-state index < -0.39 is 10.0 Å². The molecule has 1 amide bonds. The summed E-state index contributed by atoms with van der Waals surface area (Å²) in [7, 11) is -0.626. The second kappa shape index (κ2) is 9.52. The van der Waals surface area contributed by atoms with E-state index in [-0.39, 0.29) is 10.8 Å². The lowest BCUT2D eigenvalue weighted by molar-refractivity contribution is 0.0761. The highest BCUT2D eigenvalue weighted by Crippen LogP contribution is 2.27. The molecule has 0 radical (unpaired) electrons. The van der Waals surface area contributed by atoms with Crippen LogP contribution in [0.4, 0.5) is 5.69 Å². The fraction of sp³-hybridized carbons (Fsp3) is 0.632. The van der Waals surface area contributed by atoms with Crippen LogP contribution in [0, 0.1) is 0 Å². The van der Waals surface area contributed by atoms with Crippen molar-refractivity contribution in [3.05, 3.63) is 23.8 Å². The van der Waals surface area contributed by atoms with E-state index in [1.807, 2.05) is 6.92 Å². The molecule has 0 atom stereocenters. The monoisotopic (exact) mass is 397 g/mol. The molecule has 1 aromatic rings. The molecule has 1 fully saturated rings. The Hall–Kier alpha value is -1.64. The largest absolute Gasteiger partial charge is 0.378 e. The van der Waals surface area contributed by atoms with Gasteiger partial charge in [-0.15, -0.1) is 0 Å².